The monoisotopic (exact) mass is 276 g/mol. The summed E-state index contributed by atoms with van der Waals surface area (Å²) in [6, 6.07) is 0. The summed E-state index contributed by atoms with van der Waals surface area (Å²) in [6.45, 7) is 0. The van der Waals surface area contributed by atoms with E-state index in [0.29, 0.717) is 11.8 Å². The number of anilines is 1. The molecule has 19 heavy (non-hydrogen) atoms. The Morgan fingerprint density at radius 3 is 2.68 bits per heavy atom. The van der Waals surface area contributed by atoms with E-state index in [1.165, 1.54) is 43.6 Å². The quantitative estimate of drug-likeness (QED) is 0.677. The standard InChI is InChI=1S/C14H20N4S/c1-2-12(3-1)13-14(16-7-6-15-13)18-17-10-11-4-8-19-9-5-11/h6-7,10-12H,1-5,8-9H2,(H,16,18)/b17-10+. The first-order chi connectivity index (χ1) is 9.43. The number of hydrogen-bond donors (Lipinski definition) is 1. The summed E-state index contributed by atoms with van der Waals surface area (Å²) in [5, 5.41) is 4.38. The molecule has 4 nitrogen and oxygen atoms in total. The van der Waals surface area contributed by atoms with Crippen LogP contribution in [0.1, 0.15) is 43.7 Å². The fraction of sp³-hybridized carbons (Fsp3) is 0.643. The van der Waals surface area contributed by atoms with Crippen molar-refractivity contribution >= 4 is 23.8 Å². The van der Waals surface area contributed by atoms with Crippen molar-refractivity contribution in [2.24, 2.45) is 11.0 Å². The minimum absolute atomic E-state index is 0.581. The zero-order valence-electron chi connectivity index (χ0n) is 11.1. The maximum Gasteiger partial charge on any atom is 0.168 e. The van der Waals surface area contributed by atoms with Crippen molar-refractivity contribution in [3.8, 4) is 0 Å². The third-order valence-corrected chi connectivity index (χ3v) is 4.99. The molecule has 0 unspecified atom stereocenters. The molecule has 0 aromatic carbocycles. The molecule has 1 aromatic rings. The Kier molecular flexibility index (Phi) is 4.33. The van der Waals surface area contributed by atoms with Gasteiger partial charge in [0.15, 0.2) is 5.82 Å². The first-order valence-electron chi connectivity index (χ1n) is 7.11. The van der Waals surface area contributed by atoms with Gasteiger partial charge in [0.2, 0.25) is 0 Å². The average molecular weight is 276 g/mol. The second kappa shape index (κ2) is 6.37. The maximum atomic E-state index is 4.46. The second-order valence-electron chi connectivity index (χ2n) is 5.26. The van der Waals surface area contributed by atoms with E-state index in [1.54, 1.807) is 12.4 Å². The van der Waals surface area contributed by atoms with E-state index in [1.807, 2.05) is 11.8 Å². The number of nitrogens with zero attached hydrogens (tertiary/aromatic N) is 3. The van der Waals surface area contributed by atoms with Crippen LogP contribution in [0.25, 0.3) is 0 Å². The molecule has 0 radical (unpaired) electrons. The lowest BCUT2D eigenvalue weighted by atomic mass is 9.83. The zero-order chi connectivity index (χ0) is 12.9. The number of nitrogens with one attached hydrogen (secondary N) is 1. The Morgan fingerprint density at radius 2 is 1.95 bits per heavy atom. The number of thioether (sulfide) groups is 1. The highest BCUT2D eigenvalue weighted by Gasteiger charge is 2.24. The van der Waals surface area contributed by atoms with Gasteiger partial charge in [-0.15, -0.1) is 0 Å². The van der Waals surface area contributed by atoms with Gasteiger partial charge in [-0.05, 0) is 43.1 Å². The second-order valence-corrected chi connectivity index (χ2v) is 6.48. The first-order valence-corrected chi connectivity index (χ1v) is 8.27. The van der Waals surface area contributed by atoms with E-state index in [-0.39, 0.29) is 0 Å². The number of rotatable bonds is 4. The Labute approximate surface area is 118 Å². The molecule has 1 saturated carbocycles. The zero-order valence-corrected chi connectivity index (χ0v) is 11.9. The van der Waals surface area contributed by atoms with E-state index < -0.39 is 0 Å². The summed E-state index contributed by atoms with van der Waals surface area (Å²) in [4.78, 5) is 8.84. The van der Waals surface area contributed by atoms with Crippen LogP contribution in [0.2, 0.25) is 0 Å². The van der Waals surface area contributed by atoms with Gasteiger partial charge in [0.1, 0.15) is 0 Å². The number of aromatic nitrogens is 2. The molecule has 0 amide bonds. The van der Waals surface area contributed by atoms with Crippen molar-refractivity contribution in [2.75, 3.05) is 16.9 Å². The summed E-state index contributed by atoms with van der Waals surface area (Å²) in [6.07, 6.45) is 11.8. The van der Waals surface area contributed by atoms with Gasteiger partial charge in [-0.25, -0.2) is 4.98 Å². The molecule has 5 heteroatoms. The van der Waals surface area contributed by atoms with Crippen LogP contribution in [0.4, 0.5) is 5.82 Å². The molecule has 1 aromatic heterocycles. The maximum absolute atomic E-state index is 4.46. The van der Waals surface area contributed by atoms with Gasteiger partial charge in [-0.1, -0.05) is 6.42 Å². The number of hydrogen-bond acceptors (Lipinski definition) is 5. The van der Waals surface area contributed by atoms with Gasteiger partial charge in [0.05, 0.1) is 5.69 Å². The molecule has 2 fully saturated rings. The predicted octanol–water partition coefficient (Wildman–Crippen LogP) is 3.29. The van der Waals surface area contributed by atoms with Crippen molar-refractivity contribution in [2.45, 2.75) is 38.0 Å². The van der Waals surface area contributed by atoms with Gasteiger partial charge in [-0.3, -0.25) is 10.4 Å². The molecule has 2 heterocycles. The smallest absolute Gasteiger partial charge is 0.168 e. The van der Waals surface area contributed by atoms with Gasteiger partial charge < -0.3 is 0 Å². The first kappa shape index (κ1) is 12.9. The average Bonchev–Trinajstić information content (AvgIpc) is 2.40. The van der Waals surface area contributed by atoms with Crippen LogP contribution in [0.5, 0.6) is 0 Å². The van der Waals surface area contributed by atoms with Crippen LogP contribution in [-0.2, 0) is 0 Å². The summed E-state index contributed by atoms with van der Waals surface area (Å²) >= 11 is 2.04. The summed E-state index contributed by atoms with van der Waals surface area (Å²) in [5.74, 6) is 4.56. The normalized spacial score (nSPS) is 21.5. The summed E-state index contributed by atoms with van der Waals surface area (Å²) in [5.41, 5.74) is 4.19. The minimum atomic E-state index is 0.581. The number of hydrazone groups is 1. The summed E-state index contributed by atoms with van der Waals surface area (Å²) < 4.78 is 0. The fourth-order valence-electron chi connectivity index (χ4n) is 2.48. The SMILES string of the molecule is C(=N\Nc1nccnc1C1CCC1)/C1CCSCC1. The van der Waals surface area contributed by atoms with Crippen LogP contribution in [-0.4, -0.2) is 27.7 Å². The van der Waals surface area contributed by atoms with Crippen LogP contribution in [0.15, 0.2) is 17.5 Å². The molecule has 1 aliphatic carbocycles. The van der Waals surface area contributed by atoms with Gasteiger partial charge in [0.25, 0.3) is 0 Å². The lowest BCUT2D eigenvalue weighted by molar-refractivity contribution is 0.411. The fourth-order valence-corrected chi connectivity index (χ4v) is 3.63. The molecule has 1 saturated heterocycles. The van der Waals surface area contributed by atoms with Gasteiger partial charge >= 0.3 is 0 Å². The van der Waals surface area contributed by atoms with E-state index in [9.17, 15) is 0 Å². The molecule has 1 N–H and O–H groups in total. The lowest BCUT2D eigenvalue weighted by Gasteiger charge is -2.25. The highest BCUT2D eigenvalue weighted by molar-refractivity contribution is 7.99. The van der Waals surface area contributed by atoms with Crippen molar-refractivity contribution < 1.29 is 0 Å². The van der Waals surface area contributed by atoms with Crippen molar-refractivity contribution in [3.63, 3.8) is 0 Å². The molecular weight excluding hydrogens is 256 g/mol. The highest BCUT2D eigenvalue weighted by atomic mass is 32.2. The van der Waals surface area contributed by atoms with E-state index in [0.717, 1.165) is 11.5 Å². The van der Waals surface area contributed by atoms with Crippen LogP contribution < -0.4 is 5.43 Å². The molecule has 0 spiro atoms. The van der Waals surface area contributed by atoms with Crippen LogP contribution in [0, 0.1) is 5.92 Å². The molecule has 0 bridgehead atoms. The third-order valence-electron chi connectivity index (χ3n) is 3.94. The lowest BCUT2D eigenvalue weighted by Crippen LogP contribution is -2.14. The van der Waals surface area contributed by atoms with Crippen LogP contribution >= 0.6 is 11.8 Å². The molecule has 0 atom stereocenters. The van der Waals surface area contributed by atoms with Crippen LogP contribution in [0.3, 0.4) is 0 Å². The molecule has 102 valence electrons. The van der Waals surface area contributed by atoms with Gasteiger partial charge in [0, 0.05) is 24.5 Å². The van der Waals surface area contributed by atoms with Crippen molar-refractivity contribution in [1.29, 1.82) is 0 Å². The Balaban J connectivity index is 1.61. The Morgan fingerprint density at radius 1 is 1.16 bits per heavy atom. The predicted molar refractivity (Wildman–Crippen MR) is 80.8 cm³/mol. The minimum Gasteiger partial charge on any atom is -0.260 e. The van der Waals surface area contributed by atoms with Crippen molar-refractivity contribution in [1.82, 2.24) is 9.97 Å². The third kappa shape index (κ3) is 3.26. The molecule has 3 rings (SSSR count). The van der Waals surface area contributed by atoms with E-state index in [4.69, 9.17) is 0 Å². The molecular formula is C14H20N4S. The van der Waals surface area contributed by atoms with E-state index >= 15 is 0 Å². The largest absolute Gasteiger partial charge is 0.260 e. The topological polar surface area (TPSA) is 50.2 Å². The van der Waals surface area contributed by atoms with Gasteiger partial charge in [-0.2, -0.15) is 16.9 Å². The molecule has 1 aliphatic heterocycles. The van der Waals surface area contributed by atoms with Crippen molar-refractivity contribution in [3.05, 3.63) is 18.1 Å². The highest BCUT2D eigenvalue weighted by Crippen LogP contribution is 2.37. The molecule has 2 aliphatic rings. The summed E-state index contributed by atoms with van der Waals surface area (Å²) in [7, 11) is 0. The Bertz CT molecular complexity index is 439. The van der Waals surface area contributed by atoms with E-state index in [2.05, 4.69) is 26.7 Å². The Hall–Kier alpha value is -1.10.